The Bertz CT molecular complexity index is 482. The van der Waals surface area contributed by atoms with E-state index in [-0.39, 0.29) is 23.7 Å². The molecule has 7 nitrogen and oxygen atoms in total. The van der Waals surface area contributed by atoms with Crippen molar-refractivity contribution >= 4 is 11.6 Å². The van der Waals surface area contributed by atoms with Crippen molar-refractivity contribution in [2.75, 3.05) is 6.54 Å². The Balaban J connectivity index is 2.99. The molecule has 0 saturated heterocycles. The Hall–Kier alpha value is -1.89. The quantitative estimate of drug-likeness (QED) is 0.588. The van der Waals surface area contributed by atoms with Crippen molar-refractivity contribution < 1.29 is 9.72 Å². The summed E-state index contributed by atoms with van der Waals surface area (Å²) in [6, 6.07) is 1.16. The highest BCUT2D eigenvalue weighted by Gasteiger charge is 2.22. The average molecular weight is 282 g/mol. The van der Waals surface area contributed by atoms with Crippen LogP contribution in [0.15, 0.2) is 12.3 Å². The molecular weight excluding hydrogens is 260 g/mol. The molecule has 1 heterocycles. The lowest BCUT2D eigenvalue weighted by molar-refractivity contribution is -0.384. The Morgan fingerprint density at radius 2 is 2.20 bits per heavy atom. The predicted octanol–water partition coefficient (Wildman–Crippen LogP) is 1.83. The lowest BCUT2D eigenvalue weighted by Crippen LogP contribution is -2.40. The van der Waals surface area contributed by atoms with Gasteiger partial charge in [0.25, 0.3) is 11.6 Å². The van der Waals surface area contributed by atoms with Crippen LogP contribution in [0.4, 0.5) is 5.69 Å². The molecule has 0 bridgehead atoms. The van der Waals surface area contributed by atoms with E-state index < -0.39 is 4.92 Å². The van der Waals surface area contributed by atoms with Crippen LogP contribution in [0.3, 0.4) is 0 Å². The molecule has 0 aliphatic carbocycles. The number of aromatic nitrogens is 1. The number of amides is 1. The van der Waals surface area contributed by atoms with Gasteiger partial charge in [-0.2, -0.15) is 0 Å². The fourth-order valence-electron chi connectivity index (χ4n) is 2.03. The second-order valence-corrected chi connectivity index (χ2v) is 5.04. The average Bonchev–Trinajstić information content (AvgIpc) is 2.83. The van der Waals surface area contributed by atoms with Crippen molar-refractivity contribution in [2.45, 2.75) is 45.7 Å². The summed E-state index contributed by atoms with van der Waals surface area (Å²) >= 11 is 0. The van der Waals surface area contributed by atoms with Crippen molar-refractivity contribution in [3.05, 3.63) is 28.1 Å². The van der Waals surface area contributed by atoms with Gasteiger partial charge in [-0.05, 0) is 20.3 Å². The maximum Gasteiger partial charge on any atom is 0.287 e. The highest BCUT2D eigenvalue weighted by molar-refractivity contribution is 5.93. The molecule has 112 valence electrons. The molecule has 1 atom stereocenters. The zero-order valence-electron chi connectivity index (χ0n) is 12.1. The standard InChI is InChI=1S/C13H22N4O3/c1-4-5-10(7-14)15-13(18)12-6-11(17(19)20)8-16(12)9(2)3/h6,8-10H,4-5,7,14H2,1-3H3,(H,15,18). The second kappa shape index (κ2) is 7.04. The van der Waals surface area contributed by atoms with E-state index in [1.165, 1.54) is 12.3 Å². The normalized spacial score (nSPS) is 12.4. The summed E-state index contributed by atoms with van der Waals surface area (Å²) in [5, 5.41) is 13.7. The zero-order chi connectivity index (χ0) is 15.3. The number of nitrogens with two attached hydrogens (primary N) is 1. The highest BCUT2D eigenvalue weighted by atomic mass is 16.6. The van der Waals surface area contributed by atoms with Crippen LogP contribution < -0.4 is 11.1 Å². The maximum atomic E-state index is 12.2. The van der Waals surface area contributed by atoms with Crippen LogP contribution in [-0.2, 0) is 0 Å². The van der Waals surface area contributed by atoms with Crippen LogP contribution in [0.25, 0.3) is 0 Å². The zero-order valence-corrected chi connectivity index (χ0v) is 12.1. The number of hydrogen-bond donors (Lipinski definition) is 2. The lowest BCUT2D eigenvalue weighted by atomic mass is 10.1. The molecule has 1 rings (SSSR count). The van der Waals surface area contributed by atoms with Crippen molar-refractivity contribution in [3.63, 3.8) is 0 Å². The fraction of sp³-hybridized carbons (Fsp3) is 0.615. The summed E-state index contributed by atoms with van der Waals surface area (Å²) in [6.45, 7) is 6.10. The molecular formula is C13H22N4O3. The van der Waals surface area contributed by atoms with Gasteiger partial charge in [0, 0.05) is 24.7 Å². The molecule has 0 saturated carbocycles. The molecule has 1 aromatic heterocycles. The summed E-state index contributed by atoms with van der Waals surface area (Å²) in [6.07, 6.45) is 3.08. The van der Waals surface area contributed by atoms with Gasteiger partial charge in [0.1, 0.15) is 5.69 Å². The van der Waals surface area contributed by atoms with E-state index in [0.717, 1.165) is 12.8 Å². The largest absolute Gasteiger partial charge is 0.347 e. The molecule has 0 spiro atoms. The number of nitrogens with zero attached hydrogens (tertiary/aromatic N) is 2. The topological polar surface area (TPSA) is 103 Å². The van der Waals surface area contributed by atoms with Gasteiger partial charge in [0.15, 0.2) is 0 Å². The molecule has 3 N–H and O–H groups in total. The monoisotopic (exact) mass is 282 g/mol. The fourth-order valence-corrected chi connectivity index (χ4v) is 2.03. The van der Waals surface area contributed by atoms with E-state index >= 15 is 0 Å². The van der Waals surface area contributed by atoms with Gasteiger partial charge >= 0.3 is 0 Å². The van der Waals surface area contributed by atoms with Gasteiger partial charge in [-0.25, -0.2) is 0 Å². The predicted molar refractivity (Wildman–Crippen MR) is 76.7 cm³/mol. The van der Waals surface area contributed by atoms with Gasteiger partial charge in [-0.15, -0.1) is 0 Å². The van der Waals surface area contributed by atoms with Crippen molar-refractivity contribution in [1.29, 1.82) is 0 Å². The van der Waals surface area contributed by atoms with Crippen LogP contribution in [0.2, 0.25) is 0 Å². The summed E-state index contributed by atoms with van der Waals surface area (Å²) < 4.78 is 1.60. The molecule has 0 aliphatic heterocycles. The first-order valence-corrected chi connectivity index (χ1v) is 6.77. The van der Waals surface area contributed by atoms with Crippen LogP contribution in [-0.4, -0.2) is 28.0 Å². The SMILES string of the molecule is CCCC(CN)NC(=O)c1cc([N+](=O)[O-])cn1C(C)C. The van der Waals surface area contributed by atoms with Crippen LogP contribution in [0, 0.1) is 10.1 Å². The van der Waals surface area contributed by atoms with Crippen LogP contribution >= 0.6 is 0 Å². The minimum atomic E-state index is -0.498. The molecule has 7 heteroatoms. The van der Waals surface area contributed by atoms with Gasteiger partial charge in [-0.1, -0.05) is 13.3 Å². The Morgan fingerprint density at radius 1 is 1.55 bits per heavy atom. The number of carbonyl (C=O) groups is 1. The van der Waals surface area contributed by atoms with Gasteiger partial charge in [0.05, 0.1) is 11.1 Å². The van der Waals surface area contributed by atoms with E-state index in [0.29, 0.717) is 12.2 Å². The van der Waals surface area contributed by atoms with E-state index in [2.05, 4.69) is 5.32 Å². The smallest absolute Gasteiger partial charge is 0.287 e. The maximum absolute atomic E-state index is 12.2. The molecule has 1 unspecified atom stereocenters. The third-order valence-corrected chi connectivity index (χ3v) is 3.09. The first-order valence-electron chi connectivity index (χ1n) is 6.77. The third-order valence-electron chi connectivity index (χ3n) is 3.09. The van der Waals surface area contributed by atoms with Crippen molar-refractivity contribution in [1.82, 2.24) is 9.88 Å². The van der Waals surface area contributed by atoms with Gasteiger partial charge in [0.2, 0.25) is 0 Å². The van der Waals surface area contributed by atoms with Gasteiger partial charge in [-0.3, -0.25) is 14.9 Å². The van der Waals surface area contributed by atoms with E-state index in [1.807, 2.05) is 20.8 Å². The van der Waals surface area contributed by atoms with E-state index in [9.17, 15) is 14.9 Å². The third kappa shape index (κ3) is 3.80. The highest BCUT2D eigenvalue weighted by Crippen LogP contribution is 2.20. The molecule has 20 heavy (non-hydrogen) atoms. The van der Waals surface area contributed by atoms with E-state index in [1.54, 1.807) is 4.57 Å². The first kappa shape index (κ1) is 16.2. The first-order chi connectivity index (χ1) is 9.40. The summed E-state index contributed by atoms with van der Waals surface area (Å²) in [4.78, 5) is 22.6. The molecule has 1 amide bonds. The van der Waals surface area contributed by atoms with Crippen LogP contribution in [0.1, 0.15) is 50.1 Å². The molecule has 0 aliphatic rings. The lowest BCUT2D eigenvalue weighted by Gasteiger charge is -2.17. The number of hydrogen-bond acceptors (Lipinski definition) is 4. The summed E-state index contributed by atoms with van der Waals surface area (Å²) in [7, 11) is 0. The Morgan fingerprint density at radius 3 is 2.65 bits per heavy atom. The van der Waals surface area contributed by atoms with E-state index in [4.69, 9.17) is 5.73 Å². The molecule has 0 aromatic carbocycles. The number of rotatable bonds is 7. The van der Waals surface area contributed by atoms with Crippen molar-refractivity contribution in [2.24, 2.45) is 5.73 Å². The van der Waals surface area contributed by atoms with Gasteiger partial charge < -0.3 is 15.6 Å². The Labute approximate surface area is 118 Å². The number of nitrogens with one attached hydrogen (secondary N) is 1. The minimum Gasteiger partial charge on any atom is -0.347 e. The minimum absolute atomic E-state index is 0.0352. The summed E-state index contributed by atoms with van der Waals surface area (Å²) in [5.74, 6) is -0.323. The molecule has 0 radical (unpaired) electrons. The second-order valence-electron chi connectivity index (χ2n) is 5.04. The molecule has 1 aromatic rings. The number of nitro groups is 1. The molecule has 0 fully saturated rings. The summed E-state index contributed by atoms with van der Waals surface area (Å²) in [5.41, 5.74) is 5.82. The van der Waals surface area contributed by atoms with Crippen LogP contribution in [0.5, 0.6) is 0 Å². The number of carbonyl (C=O) groups excluding carboxylic acids is 1. The Kier molecular flexibility index (Phi) is 5.69. The van der Waals surface area contributed by atoms with Crippen molar-refractivity contribution in [3.8, 4) is 0 Å².